The van der Waals surface area contributed by atoms with Gasteiger partial charge in [-0.2, -0.15) is 0 Å². The Morgan fingerprint density at radius 1 is 1.39 bits per heavy atom. The Balaban J connectivity index is 2.39. The molecule has 1 heterocycles. The Kier molecular flexibility index (Phi) is 3.30. The number of hydrogen-bond donors (Lipinski definition) is 1. The predicted molar refractivity (Wildman–Crippen MR) is 69.0 cm³/mol. The van der Waals surface area contributed by atoms with Crippen LogP contribution in [0, 0.1) is 19.8 Å². The van der Waals surface area contributed by atoms with E-state index < -0.39 is 11.9 Å². The summed E-state index contributed by atoms with van der Waals surface area (Å²) in [6, 6.07) is 3.57. The van der Waals surface area contributed by atoms with E-state index >= 15 is 0 Å². The van der Waals surface area contributed by atoms with Crippen molar-refractivity contribution in [3.63, 3.8) is 0 Å². The maximum absolute atomic E-state index is 11.9. The van der Waals surface area contributed by atoms with Crippen LogP contribution in [0.25, 0.3) is 0 Å². The molecule has 1 aliphatic rings. The summed E-state index contributed by atoms with van der Waals surface area (Å²) in [6.45, 7) is 3.97. The minimum absolute atomic E-state index is 0.0663. The second kappa shape index (κ2) is 4.61. The molecule has 1 aromatic carbocycles. The highest BCUT2D eigenvalue weighted by atomic mass is 35.5. The van der Waals surface area contributed by atoms with Gasteiger partial charge in [0.2, 0.25) is 5.91 Å². The standard InChI is InChI=1S/C13H14ClNO3/c1-7-3-10(14)4-8(2)12(7)15-6-9(13(17)18)5-11(15)16/h3-4,9H,5-6H2,1-2H3,(H,17,18). The lowest BCUT2D eigenvalue weighted by molar-refractivity contribution is -0.141. The number of nitrogens with zero attached hydrogens (tertiary/aromatic N) is 1. The first-order valence-electron chi connectivity index (χ1n) is 5.70. The highest BCUT2D eigenvalue weighted by molar-refractivity contribution is 6.30. The largest absolute Gasteiger partial charge is 0.481 e. The van der Waals surface area contributed by atoms with E-state index in [0.717, 1.165) is 16.8 Å². The Morgan fingerprint density at radius 3 is 2.39 bits per heavy atom. The Bertz CT molecular complexity index is 504. The number of rotatable bonds is 2. The van der Waals surface area contributed by atoms with Crippen molar-refractivity contribution in [3.8, 4) is 0 Å². The number of carboxylic acid groups (broad SMARTS) is 1. The molecule has 18 heavy (non-hydrogen) atoms. The first kappa shape index (κ1) is 12.9. The van der Waals surface area contributed by atoms with Crippen LogP contribution >= 0.6 is 11.6 Å². The second-order valence-electron chi connectivity index (χ2n) is 4.63. The smallest absolute Gasteiger partial charge is 0.308 e. The van der Waals surface area contributed by atoms with Crippen LogP contribution in [-0.2, 0) is 9.59 Å². The van der Waals surface area contributed by atoms with E-state index in [4.69, 9.17) is 16.7 Å². The minimum atomic E-state index is -0.921. The van der Waals surface area contributed by atoms with Gasteiger partial charge in [0.15, 0.2) is 0 Å². The number of carbonyl (C=O) groups excluding carboxylic acids is 1. The van der Waals surface area contributed by atoms with Gasteiger partial charge in [-0.1, -0.05) is 11.6 Å². The summed E-state index contributed by atoms with van der Waals surface area (Å²) < 4.78 is 0. The number of halogens is 1. The van der Waals surface area contributed by atoms with Crippen molar-refractivity contribution >= 4 is 29.2 Å². The third kappa shape index (κ3) is 2.20. The van der Waals surface area contributed by atoms with E-state index in [0.29, 0.717) is 5.02 Å². The molecule has 2 rings (SSSR count). The molecule has 1 atom stereocenters. The van der Waals surface area contributed by atoms with Crippen molar-refractivity contribution in [1.82, 2.24) is 0 Å². The maximum atomic E-state index is 11.9. The Labute approximate surface area is 110 Å². The molecule has 96 valence electrons. The molecular formula is C13H14ClNO3. The average Bonchev–Trinajstić information content (AvgIpc) is 2.59. The quantitative estimate of drug-likeness (QED) is 0.895. The van der Waals surface area contributed by atoms with Gasteiger partial charge in [-0.15, -0.1) is 0 Å². The summed E-state index contributed by atoms with van der Waals surface area (Å²) in [5.74, 6) is -1.68. The number of aliphatic carboxylic acids is 1. The van der Waals surface area contributed by atoms with Crippen molar-refractivity contribution < 1.29 is 14.7 Å². The van der Waals surface area contributed by atoms with Crippen LogP contribution < -0.4 is 4.90 Å². The van der Waals surface area contributed by atoms with Crippen molar-refractivity contribution in [1.29, 1.82) is 0 Å². The zero-order chi connectivity index (χ0) is 13.4. The summed E-state index contributed by atoms with van der Waals surface area (Å²) in [7, 11) is 0. The topological polar surface area (TPSA) is 57.6 Å². The molecule has 4 nitrogen and oxygen atoms in total. The third-order valence-corrected chi connectivity index (χ3v) is 3.42. The number of amides is 1. The van der Waals surface area contributed by atoms with Gasteiger partial charge in [0.05, 0.1) is 5.92 Å². The number of aryl methyl sites for hydroxylation is 2. The molecule has 1 aliphatic heterocycles. The summed E-state index contributed by atoms with van der Waals surface area (Å²) >= 11 is 5.95. The summed E-state index contributed by atoms with van der Waals surface area (Å²) in [4.78, 5) is 24.4. The fraction of sp³-hybridized carbons (Fsp3) is 0.385. The Morgan fingerprint density at radius 2 is 1.94 bits per heavy atom. The number of hydrogen-bond acceptors (Lipinski definition) is 2. The molecule has 5 heteroatoms. The van der Waals surface area contributed by atoms with Gasteiger partial charge in [0.25, 0.3) is 0 Å². The van der Waals surface area contributed by atoms with Crippen LogP contribution in [0.1, 0.15) is 17.5 Å². The molecule has 1 saturated heterocycles. The number of carboxylic acids is 1. The van der Waals surface area contributed by atoms with Gasteiger partial charge in [0, 0.05) is 23.7 Å². The number of benzene rings is 1. The molecule has 0 aromatic heterocycles. The summed E-state index contributed by atoms with van der Waals surface area (Å²) in [6.07, 6.45) is 0.0663. The summed E-state index contributed by atoms with van der Waals surface area (Å²) in [5, 5.41) is 9.60. The van der Waals surface area contributed by atoms with Gasteiger partial charge in [-0.25, -0.2) is 0 Å². The van der Waals surface area contributed by atoms with Crippen LogP contribution in [0.4, 0.5) is 5.69 Å². The monoisotopic (exact) mass is 267 g/mol. The molecule has 1 aromatic rings. The van der Waals surface area contributed by atoms with E-state index in [1.807, 2.05) is 13.8 Å². The van der Waals surface area contributed by atoms with Crippen molar-refractivity contribution in [2.75, 3.05) is 11.4 Å². The third-order valence-electron chi connectivity index (χ3n) is 3.20. The lowest BCUT2D eigenvalue weighted by atomic mass is 10.1. The molecule has 0 aliphatic carbocycles. The van der Waals surface area contributed by atoms with Gasteiger partial charge in [-0.05, 0) is 37.1 Å². The lowest BCUT2D eigenvalue weighted by Crippen LogP contribution is -2.27. The fourth-order valence-electron chi connectivity index (χ4n) is 2.42. The average molecular weight is 268 g/mol. The van der Waals surface area contributed by atoms with Crippen LogP contribution in [0.5, 0.6) is 0 Å². The highest BCUT2D eigenvalue weighted by Gasteiger charge is 2.36. The fourth-order valence-corrected chi connectivity index (χ4v) is 2.75. The lowest BCUT2D eigenvalue weighted by Gasteiger charge is -2.21. The predicted octanol–water partition coefficient (Wildman–Crippen LogP) is 2.39. The molecule has 0 saturated carbocycles. The highest BCUT2D eigenvalue weighted by Crippen LogP contribution is 2.32. The molecule has 1 fully saturated rings. The molecule has 0 radical (unpaired) electrons. The van der Waals surface area contributed by atoms with Crippen LogP contribution in [0.15, 0.2) is 12.1 Å². The van der Waals surface area contributed by atoms with Crippen molar-refractivity contribution in [2.24, 2.45) is 5.92 Å². The molecule has 1 unspecified atom stereocenters. The minimum Gasteiger partial charge on any atom is -0.481 e. The molecule has 1 amide bonds. The molecule has 0 spiro atoms. The SMILES string of the molecule is Cc1cc(Cl)cc(C)c1N1CC(C(=O)O)CC1=O. The van der Waals surface area contributed by atoms with Gasteiger partial charge in [-0.3, -0.25) is 9.59 Å². The maximum Gasteiger partial charge on any atom is 0.308 e. The van der Waals surface area contributed by atoms with Crippen LogP contribution in [-0.4, -0.2) is 23.5 Å². The van der Waals surface area contributed by atoms with E-state index in [9.17, 15) is 9.59 Å². The molecule has 1 N–H and O–H groups in total. The van der Waals surface area contributed by atoms with E-state index in [2.05, 4.69) is 0 Å². The van der Waals surface area contributed by atoms with E-state index in [-0.39, 0.29) is 18.9 Å². The van der Waals surface area contributed by atoms with Crippen molar-refractivity contribution in [2.45, 2.75) is 20.3 Å². The van der Waals surface area contributed by atoms with Crippen molar-refractivity contribution in [3.05, 3.63) is 28.3 Å². The normalized spacial score (nSPS) is 19.4. The zero-order valence-corrected chi connectivity index (χ0v) is 11.0. The van der Waals surface area contributed by atoms with Gasteiger partial charge in [0.1, 0.15) is 0 Å². The first-order chi connectivity index (χ1) is 8.40. The Hall–Kier alpha value is -1.55. The number of carbonyl (C=O) groups is 2. The molecule has 0 bridgehead atoms. The summed E-state index contributed by atoms with van der Waals surface area (Å²) in [5.41, 5.74) is 2.56. The molecular weight excluding hydrogens is 254 g/mol. The van der Waals surface area contributed by atoms with E-state index in [1.54, 1.807) is 17.0 Å². The second-order valence-corrected chi connectivity index (χ2v) is 5.07. The van der Waals surface area contributed by atoms with Crippen LogP contribution in [0.3, 0.4) is 0 Å². The first-order valence-corrected chi connectivity index (χ1v) is 6.08. The van der Waals surface area contributed by atoms with Gasteiger partial charge < -0.3 is 10.0 Å². The van der Waals surface area contributed by atoms with Crippen LogP contribution in [0.2, 0.25) is 5.02 Å². The zero-order valence-electron chi connectivity index (χ0n) is 10.2. The van der Waals surface area contributed by atoms with Gasteiger partial charge >= 0.3 is 5.97 Å². The van der Waals surface area contributed by atoms with E-state index in [1.165, 1.54) is 0 Å². The number of anilines is 1.